The number of nitrogens with one attached hydrogen (secondary N) is 1. The zero-order valence-corrected chi connectivity index (χ0v) is 8.32. The molecule has 1 aliphatic rings. The lowest BCUT2D eigenvalue weighted by molar-refractivity contribution is 0.126. The highest BCUT2D eigenvalue weighted by atomic mass is 16.3. The van der Waals surface area contributed by atoms with Crippen molar-refractivity contribution in [3.05, 3.63) is 30.3 Å². The number of benzene rings is 1. The minimum atomic E-state index is -0.0659. The van der Waals surface area contributed by atoms with Crippen LogP contribution in [0.3, 0.4) is 0 Å². The third kappa shape index (κ3) is 2.48. The van der Waals surface area contributed by atoms with Crippen molar-refractivity contribution in [2.75, 3.05) is 5.32 Å². The molecule has 0 heterocycles. The second-order valence-corrected chi connectivity index (χ2v) is 4.02. The fourth-order valence-corrected chi connectivity index (χ4v) is 1.99. The predicted molar refractivity (Wildman–Crippen MR) is 58.3 cm³/mol. The molecule has 1 saturated carbocycles. The Morgan fingerprint density at radius 3 is 2.29 bits per heavy atom. The molecule has 2 heteroatoms. The molecule has 0 aromatic heterocycles. The van der Waals surface area contributed by atoms with Crippen molar-refractivity contribution in [3.63, 3.8) is 0 Å². The van der Waals surface area contributed by atoms with E-state index in [0.717, 1.165) is 25.7 Å². The molecular weight excluding hydrogens is 174 g/mol. The van der Waals surface area contributed by atoms with Gasteiger partial charge in [0.1, 0.15) is 0 Å². The maximum atomic E-state index is 9.37. The van der Waals surface area contributed by atoms with E-state index in [1.807, 2.05) is 18.2 Å². The first-order chi connectivity index (χ1) is 6.84. The highest BCUT2D eigenvalue weighted by Gasteiger charge is 2.18. The molecule has 1 aromatic carbocycles. The van der Waals surface area contributed by atoms with Crippen molar-refractivity contribution in [2.45, 2.75) is 37.8 Å². The summed E-state index contributed by atoms with van der Waals surface area (Å²) in [5.41, 5.74) is 1.19. The van der Waals surface area contributed by atoms with Crippen LogP contribution >= 0.6 is 0 Å². The first kappa shape index (κ1) is 9.53. The SMILES string of the molecule is O[C@H]1CC[C@@H](Nc2ccccc2)CC1. The van der Waals surface area contributed by atoms with Gasteiger partial charge >= 0.3 is 0 Å². The zero-order chi connectivity index (χ0) is 9.80. The molecule has 14 heavy (non-hydrogen) atoms. The van der Waals surface area contributed by atoms with Crippen molar-refractivity contribution < 1.29 is 5.11 Å². The first-order valence-corrected chi connectivity index (χ1v) is 5.34. The summed E-state index contributed by atoms with van der Waals surface area (Å²) in [6, 6.07) is 10.8. The third-order valence-corrected chi connectivity index (χ3v) is 2.84. The Morgan fingerprint density at radius 1 is 1.00 bits per heavy atom. The second-order valence-electron chi connectivity index (χ2n) is 4.02. The van der Waals surface area contributed by atoms with Gasteiger partial charge in [0.05, 0.1) is 6.10 Å². The second kappa shape index (κ2) is 4.47. The number of aliphatic hydroxyl groups excluding tert-OH is 1. The van der Waals surface area contributed by atoms with E-state index in [1.54, 1.807) is 0 Å². The highest BCUT2D eigenvalue weighted by Crippen LogP contribution is 2.21. The summed E-state index contributed by atoms with van der Waals surface area (Å²) in [7, 11) is 0. The largest absolute Gasteiger partial charge is 0.393 e. The predicted octanol–water partition coefficient (Wildman–Crippen LogP) is 2.40. The maximum absolute atomic E-state index is 9.37. The molecule has 2 N–H and O–H groups in total. The normalized spacial score (nSPS) is 27.2. The van der Waals surface area contributed by atoms with Gasteiger partial charge in [0.15, 0.2) is 0 Å². The average molecular weight is 191 g/mol. The van der Waals surface area contributed by atoms with Gasteiger partial charge in [0, 0.05) is 11.7 Å². The number of hydrogen-bond acceptors (Lipinski definition) is 2. The summed E-state index contributed by atoms with van der Waals surface area (Å²) in [6.45, 7) is 0. The van der Waals surface area contributed by atoms with Crippen LogP contribution in [-0.4, -0.2) is 17.3 Å². The summed E-state index contributed by atoms with van der Waals surface area (Å²) in [6.07, 6.45) is 3.96. The first-order valence-electron chi connectivity index (χ1n) is 5.34. The third-order valence-electron chi connectivity index (χ3n) is 2.84. The number of hydrogen-bond donors (Lipinski definition) is 2. The van der Waals surface area contributed by atoms with Gasteiger partial charge in [-0.2, -0.15) is 0 Å². The standard InChI is InChI=1S/C12H17NO/c14-12-8-6-11(7-9-12)13-10-4-2-1-3-5-10/h1-5,11-14H,6-9H2/t11-,12+. The van der Waals surface area contributed by atoms with E-state index < -0.39 is 0 Å². The fourth-order valence-electron chi connectivity index (χ4n) is 1.99. The molecule has 0 saturated heterocycles. The fraction of sp³-hybridized carbons (Fsp3) is 0.500. The molecule has 0 aliphatic heterocycles. The smallest absolute Gasteiger partial charge is 0.0541 e. The lowest BCUT2D eigenvalue weighted by atomic mass is 9.93. The van der Waals surface area contributed by atoms with Crippen LogP contribution in [0.1, 0.15) is 25.7 Å². The Bertz CT molecular complexity index is 265. The van der Waals surface area contributed by atoms with E-state index in [1.165, 1.54) is 5.69 Å². The topological polar surface area (TPSA) is 32.3 Å². The lowest BCUT2D eigenvalue weighted by Crippen LogP contribution is -2.28. The minimum Gasteiger partial charge on any atom is -0.393 e. The van der Waals surface area contributed by atoms with E-state index >= 15 is 0 Å². The van der Waals surface area contributed by atoms with Gasteiger partial charge in [-0.1, -0.05) is 18.2 Å². The van der Waals surface area contributed by atoms with E-state index in [-0.39, 0.29) is 6.10 Å². The van der Waals surface area contributed by atoms with Gasteiger partial charge in [0.2, 0.25) is 0 Å². The van der Waals surface area contributed by atoms with Crippen LogP contribution < -0.4 is 5.32 Å². The van der Waals surface area contributed by atoms with Crippen molar-refractivity contribution in [2.24, 2.45) is 0 Å². The lowest BCUT2D eigenvalue weighted by Gasteiger charge is -2.26. The van der Waals surface area contributed by atoms with E-state index in [2.05, 4.69) is 17.4 Å². The molecule has 2 rings (SSSR count). The summed E-state index contributed by atoms with van der Waals surface area (Å²) in [5.74, 6) is 0. The average Bonchev–Trinajstić information content (AvgIpc) is 2.23. The summed E-state index contributed by atoms with van der Waals surface area (Å²) in [5, 5.41) is 12.9. The monoisotopic (exact) mass is 191 g/mol. The number of para-hydroxylation sites is 1. The van der Waals surface area contributed by atoms with Crippen LogP contribution in [0.15, 0.2) is 30.3 Å². The Kier molecular flexibility index (Phi) is 3.04. The van der Waals surface area contributed by atoms with E-state index in [0.29, 0.717) is 6.04 Å². The molecule has 0 atom stereocenters. The van der Waals surface area contributed by atoms with Crippen LogP contribution in [-0.2, 0) is 0 Å². The molecule has 0 spiro atoms. The van der Waals surface area contributed by atoms with Crippen LogP contribution in [0.4, 0.5) is 5.69 Å². The number of anilines is 1. The molecule has 0 bridgehead atoms. The Hall–Kier alpha value is -1.02. The molecule has 0 radical (unpaired) electrons. The minimum absolute atomic E-state index is 0.0659. The maximum Gasteiger partial charge on any atom is 0.0541 e. The number of rotatable bonds is 2. The molecule has 76 valence electrons. The molecule has 0 amide bonds. The van der Waals surface area contributed by atoms with Crippen molar-refractivity contribution in [3.8, 4) is 0 Å². The van der Waals surface area contributed by atoms with Gasteiger partial charge in [-0.25, -0.2) is 0 Å². The van der Waals surface area contributed by atoms with E-state index in [9.17, 15) is 5.11 Å². The van der Waals surface area contributed by atoms with Gasteiger partial charge in [-0.3, -0.25) is 0 Å². The zero-order valence-electron chi connectivity index (χ0n) is 8.32. The van der Waals surface area contributed by atoms with Crippen molar-refractivity contribution in [1.82, 2.24) is 0 Å². The Labute approximate surface area is 85.0 Å². The molecule has 1 aromatic rings. The van der Waals surface area contributed by atoms with Crippen molar-refractivity contribution >= 4 is 5.69 Å². The molecular formula is C12H17NO. The van der Waals surface area contributed by atoms with E-state index in [4.69, 9.17) is 0 Å². The van der Waals surface area contributed by atoms with Gasteiger partial charge in [-0.05, 0) is 37.8 Å². The van der Waals surface area contributed by atoms with Crippen LogP contribution in [0.2, 0.25) is 0 Å². The van der Waals surface area contributed by atoms with Gasteiger partial charge in [0.25, 0.3) is 0 Å². The quantitative estimate of drug-likeness (QED) is 0.752. The number of aliphatic hydroxyl groups is 1. The van der Waals surface area contributed by atoms with Crippen molar-refractivity contribution in [1.29, 1.82) is 0 Å². The Balaban J connectivity index is 1.87. The Morgan fingerprint density at radius 2 is 1.64 bits per heavy atom. The van der Waals surface area contributed by atoms with Gasteiger partial charge in [-0.15, -0.1) is 0 Å². The molecule has 1 aliphatic carbocycles. The van der Waals surface area contributed by atoms with Crippen LogP contribution in [0.25, 0.3) is 0 Å². The van der Waals surface area contributed by atoms with Crippen LogP contribution in [0.5, 0.6) is 0 Å². The van der Waals surface area contributed by atoms with Gasteiger partial charge < -0.3 is 10.4 Å². The summed E-state index contributed by atoms with van der Waals surface area (Å²) < 4.78 is 0. The molecule has 2 nitrogen and oxygen atoms in total. The molecule has 0 unspecified atom stereocenters. The summed E-state index contributed by atoms with van der Waals surface area (Å²) in [4.78, 5) is 0. The molecule has 1 fully saturated rings. The van der Waals surface area contributed by atoms with Crippen LogP contribution in [0, 0.1) is 0 Å². The summed E-state index contributed by atoms with van der Waals surface area (Å²) >= 11 is 0. The highest BCUT2D eigenvalue weighted by molar-refractivity contribution is 5.43.